The first-order valence-electron chi connectivity index (χ1n) is 6.31. The predicted molar refractivity (Wildman–Crippen MR) is 74.5 cm³/mol. The van der Waals surface area contributed by atoms with Crippen LogP contribution in [0.3, 0.4) is 0 Å². The Morgan fingerprint density at radius 3 is 2.26 bits per heavy atom. The Bertz CT molecular complexity index is 624. The summed E-state index contributed by atoms with van der Waals surface area (Å²) < 4.78 is 0. The summed E-state index contributed by atoms with van der Waals surface area (Å²) in [6, 6.07) is 13.7. The summed E-state index contributed by atoms with van der Waals surface area (Å²) in [5.41, 5.74) is 5.17. The van der Waals surface area contributed by atoms with Crippen LogP contribution in [0.4, 0.5) is 5.69 Å². The topological polar surface area (TPSA) is 40.5 Å². The van der Waals surface area contributed by atoms with Crippen LogP contribution in [0.25, 0.3) is 0 Å². The molecule has 1 N–H and O–H groups in total. The van der Waals surface area contributed by atoms with Crippen LogP contribution in [0.2, 0.25) is 0 Å². The van der Waals surface area contributed by atoms with Gasteiger partial charge in [-0.15, -0.1) is 0 Å². The Kier molecular flexibility index (Phi) is 2.75. The summed E-state index contributed by atoms with van der Waals surface area (Å²) in [5, 5.41) is 8.99. The standard InChI is InChI=1S/C16H15NO2/c1-11-8-12(16(18)19)6-7-15(11)17-9-13-4-2-3-5-14(13)10-17/h2-8H,9-10H2,1H3,(H,18,19). The van der Waals surface area contributed by atoms with E-state index in [0.717, 1.165) is 24.3 Å². The number of benzene rings is 2. The van der Waals surface area contributed by atoms with Gasteiger partial charge in [0.15, 0.2) is 0 Å². The first kappa shape index (κ1) is 11.8. The number of nitrogens with zero attached hydrogens (tertiary/aromatic N) is 1. The average molecular weight is 253 g/mol. The summed E-state index contributed by atoms with van der Waals surface area (Å²) in [7, 11) is 0. The fourth-order valence-electron chi connectivity index (χ4n) is 2.65. The molecule has 2 aromatic carbocycles. The van der Waals surface area contributed by atoms with Crippen LogP contribution in [0, 0.1) is 6.92 Å². The van der Waals surface area contributed by atoms with Crippen LogP contribution < -0.4 is 4.90 Å². The molecule has 3 nitrogen and oxygen atoms in total. The average Bonchev–Trinajstić information content (AvgIpc) is 2.81. The highest BCUT2D eigenvalue weighted by Gasteiger charge is 2.20. The summed E-state index contributed by atoms with van der Waals surface area (Å²) in [4.78, 5) is 13.2. The normalized spacial score (nSPS) is 13.4. The number of anilines is 1. The van der Waals surface area contributed by atoms with Gasteiger partial charge in [0.05, 0.1) is 5.56 Å². The van der Waals surface area contributed by atoms with E-state index in [1.165, 1.54) is 11.1 Å². The molecule has 0 spiro atoms. The number of carboxylic acid groups (broad SMARTS) is 1. The van der Waals surface area contributed by atoms with Crippen LogP contribution in [-0.2, 0) is 13.1 Å². The molecule has 19 heavy (non-hydrogen) atoms. The molecular weight excluding hydrogens is 238 g/mol. The number of carboxylic acids is 1. The van der Waals surface area contributed by atoms with E-state index < -0.39 is 5.97 Å². The van der Waals surface area contributed by atoms with E-state index in [2.05, 4.69) is 29.2 Å². The van der Waals surface area contributed by atoms with Gasteiger partial charge in [0, 0.05) is 18.8 Å². The summed E-state index contributed by atoms with van der Waals surface area (Å²) >= 11 is 0. The highest BCUT2D eigenvalue weighted by Crippen LogP contribution is 2.30. The Morgan fingerprint density at radius 2 is 1.74 bits per heavy atom. The number of fused-ring (bicyclic) bond motifs is 1. The van der Waals surface area contributed by atoms with Crippen LogP contribution >= 0.6 is 0 Å². The third-order valence-corrected chi connectivity index (χ3v) is 3.63. The van der Waals surface area contributed by atoms with Crippen molar-refractivity contribution in [1.82, 2.24) is 0 Å². The lowest BCUT2D eigenvalue weighted by Gasteiger charge is -2.20. The fourth-order valence-corrected chi connectivity index (χ4v) is 2.65. The minimum Gasteiger partial charge on any atom is -0.478 e. The van der Waals surface area contributed by atoms with Gasteiger partial charge >= 0.3 is 5.97 Å². The highest BCUT2D eigenvalue weighted by molar-refractivity contribution is 5.88. The molecule has 96 valence electrons. The molecule has 3 heteroatoms. The van der Waals surface area contributed by atoms with Crippen LogP contribution in [0.15, 0.2) is 42.5 Å². The van der Waals surface area contributed by atoms with E-state index >= 15 is 0 Å². The van der Waals surface area contributed by atoms with Crippen molar-refractivity contribution in [3.8, 4) is 0 Å². The molecule has 0 bridgehead atoms. The molecule has 1 aliphatic rings. The third-order valence-electron chi connectivity index (χ3n) is 3.63. The SMILES string of the molecule is Cc1cc(C(=O)O)ccc1N1Cc2ccccc2C1. The lowest BCUT2D eigenvalue weighted by atomic mass is 10.1. The quantitative estimate of drug-likeness (QED) is 0.893. The Hall–Kier alpha value is -2.29. The lowest BCUT2D eigenvalue weighted by Crippen LogP contribution is -2.16. The van der Waals surface area contributed by atoms with Gasteiger partial charge in [-0.3, -0.25) is 0 Å². The maximum atomic E-state index is 11.0. The second kappa shape index (κ2) is 4.43. The number of rotatable bonds is 2. The third kappa shape index (κ3) is 2.08. The van der Waals surface area contributed by atoms with Crippen molar-refractivity contribution in [2.24, 2.45) is 0 Å². The molecule has 0 aromatic heterocycles. The maximum absolute atomic E-state index is 11.0. The minimum atomic E-state index is -0.876. The number of aryl methyl sites for hydroxylation is 1. The highest BCUT2D eigenvalue weighted by atomic mass is 16.4. The minimum absolute atomic E-state index is 0.345. The first-order chi connectivity index (χ1) is 9.15. The number of hydrogen-bond acceptors (Lipinski definition) is 2. The largest absolute Gasteiger partial charge is 0.478 e. The second-order valence-corrected chi connectivity index (χ2v) is 4.93. The molecular formula is C16H15NO2. The Morgan fingerprint density at radius 1 is 1.11 bits per heavy atom. The monoisotopic (exact) mass is 253 g/mol. The molecule has 0 amide bonds. The molecule has 0 aliphatic carbocycles. The number of carbonyl (C=O) groups is 1. The molecule has 0 saturated carbocycles. The summed E-state index contributed by atoms with van der Waals surface area (Å²) in [6.45, 7) is 3.75. The fraction of sp³-hybridized carbons (Fsp3) is 0.188. The van der Waals surface area contributed by atoms with Crippen molar-refractivity contribution in [3.63, 3.8) is 0 Å². The van der Waals surface area contributed by atoms with Crippen molar-refractivity contribution < 1.29 is 9.90 Å². The molecule has 1 heterocycles. The van der Waals surface area contributed by atoms with Gasteiger partial charge < -0.3 is 10.0 Å². The molecule has 2 aromatic rings. The Balaban J connectivity index is 1.91. The van der Waals surface area contributed by atoms with E-state index in [-0.39, 0.29) is 0 Å². The van der Waals surface area contributed by atoms with E-state index in [0.29, 0.717) is 5.56 Å². The molecule has 0 fully saturated rings. The Labute approximate surface area is 112 Å². The van der Waals surface area contributed by atoms with Gasteiger partial charge in [-0.25, -0.2) is 4.79 Å². The summed E-state index contributed by atoms with van der Waals surface area (Å²) in [5.74, 6) is -0.876. The van der Waals surface area contributed by atoms with Gasteiger partial charge in [0.1, 0.15) is 0 Å². The molecule has 0 atom stereocenters. The van der Waals surface area contributed by atoms with Crippen molar-refractivity contribution in [2.75, 3.05) is 4.90 Å². The zero-order valence-electron chi connectivity index (χ0n) is 10.8. The van der Waals surface area contributed by atoms with E-state index in [9.17, 15) is 4.79 Å². The first-order valence-corrected chi connectivity index (χ1v) is 6.31. The second-order valence-electron chi connectivity index (χ2n) is 4.93. The van der Waals surface area contributed by atoms with Gasteiger partial charge in [0.2, 0.25) is 0 Å². The van der Waals surface area contributed by atoms with Crippen LogP contribution in [-0.4, -0.2) is 11.1 Å². The molecule has 0 radical (unpaired) electrons. The van der Waals surface area contributed by atoms with Crippen molar-refractivity contribution in [2.45, 2.75) is 20.0 Å². The zero-order chi connectivity index (χ0) is 13.4. The molecule has 3 rings (SSSR count). The smallest absolute Gasteiger partial charge is 0.335 e. The van der Waals surface area contributed by atoms with Gasteiger partial charge in [-0.05, 0) is 41.8 Å². The van der Waals surface area contributed by atoms with Crippen LogP contribution in [0.1, 0.15) is 27.0 Å². The predicted octanol–water partition coefficient (Wildman–Crippen LogP) is 3.21. The number of hydrogen-bond donors (Lipinski definition) is 1. The van der Waals surface area contributed by atoms with Gasteiger partial charge in [0.25, 0.3) is 0 Å². The van der Waals surface area contributed by atoms with E-state index in [1.807, 2.05) is 13.0 Å². The van der Waals surface area contributed by atoms with E-state index in [4.69, 9.17) is 5.11 Å². The van der Waals surface area contributed by atoms with Crippen molar-refractivity contribution >= 4 is 11.7 Å². The van der Waals surface area contributed by atoms with E-state index in [1.54, 1.807) is 12.1 Å². The van der Waals surface area contributed by atoms with Crippen molar-refractivity contribution in [1.29, 1.82) is 0 Å². The molecule has 0 saturated heterocycles. The zero-order valence-corrected chi connectivity index (χ0v) is 10.8. The maximum Gasteiger partial charge on any atom is 0.335 e. The van der Waals surface area contributed by atoms with Gasteiger partial charge in [-0.1, -0.05) is 24.3 Å². The lowest BCUT2D eigenvalue weighted by molar-refractivity contribution is 0.0697. The van der Waals surface area contributed by atoms with Crippen molar-refractivity contribution in [3.05, 3.63) is 64.7 Å². The van der Waals surface area contributed by atoms with Crippen LogP contribution in [0.5, 0.6) is 0 Å². The number of aromatic carboxylic acids is 1. The molecule has 1 aliphatic heterocycles. The van der Waals surface area contributed by atoms with Gasteiger partial charge in [-0.2, -0.15) is 0 Å². The summed E-state index contributed by atoms with van der Waals surface area (Å²) in [6.07, 6.45) is 0. The molecule has 0 unspecified atom stereocenters.